The van der Waals surface area contributed by atoms with Gasteiger partial charge in [-0.1, -0.05) is 6.42 Å². The molecule has 0 spiro atoms. The van der Waals surface area contributed by atoms with Crippen LogP contribution in [0.1, 0.15) is 35.4 Å². The summed E-state index contributed by atoms with van der Waals surface area (Å²) in [5.74, 6) is 0.0175. The first-order chi connectivity index (χ1) is 9.22. The van der Waals surface area contributed by atoms with Crippen molar-refractivity contribution < 1.29 is 9.90 Å². The molecule has 1 fully saturated rings. The molecule has 3 rings (SSSR count). The van der Waals surface area contributed by atoms with Gasteiger partial charge in [0.15, 0.2) is 0 Å². The molecule has 1 aromatic carbocycles. The molecule has 100 valence electrons. The average Bonchev–Trinajstić information content (AvgIpc) is 2.80. The topological polar surface area (TPSA) is 78.0 Å². The Bertz CT molecular complexity index is 600. The molecule has 1 aliphatic heterocycles. The number of imidazole rings is 1. The number of carboxylic acid groups (broad SMARTS) is 1. The van der Waals surface area contributed by atoms with E-state index in [0.29, 0.717) is 11.6 Å². The molecule has 0 radical (unpaired) electrons. The van der Waals surface area contributed by atoms with Gasteiger partial charge in [0.2, 0.25) is 0 Å². The number of H-pyrrole nitrogens is 1. The summed E-state index contributed by atoms with van der Waals surface area (Å²) in [5, 5.41) is 12.5. The number of rotatable bonds is 3. The second-order valence-corrected chi connectivity index (χ2v) is 5.07. The van der Waals surface area contributed by atoms with Gasteiger partial charge in [-0.3, -0.25) is 0 Å². The van der Waals surface area contributed by atoms with Gasteiger partial charge in [-0.05, 0) is 37.6 Å². The summed E-state index contributed by atoms with van der Waals surface area (Å²) in [7, 11) is 0. The number of aromatic amines is 1. The molecule has 19 heavy (non-hydrogen) atoms. The van der Waals surface area contributed by atoms with Crippen LogP contribution in [-0.4, -0.2) is 33.6 Å². The maximum absolute atomic E-state index is 10.9. The highest BCUT2D eigenvalue weighted by molar-refractivity contribution is 5.92. The van der Waals surface area contributed by atoms with Crippen LogP contribution < -0.4 is 5.32 Å². The van der Waals surface area contributed by atoms with E-state index in [9.17, 15) is 4.79 Å². The van der Waals surface area contributed by atoms with Crippen LogP contribution in [0.15, 0.2) is 18.2 Å². The Hall–Kier alpha value is -1.88. The van der Waals surface area contributed by atoms with Gasteiger partial charge in [0, 0.05) is 12.5 Å². The van der Waals surface area contributed by atoms with E-state index < -0.39 is 5.97 Å². The monoisotopic (exact) mass is 259 g/mol. The molecular formula is C14H17N3O2. The highest BCUT2D eigenvalue weighted by Crippen LogP contribution is 2.16. The van der Waals surface area contributed by atoms with E-state index in [2.05, 4.69) is 15.3 Å². The Labute approximate surface area is 111 Å². The van der Waals surface area contributed by atoms with Crippen molar-refractivity contribution in [2.24, 2.45) is 0 Å². The van der Waals surface area contributed by atoms with E-state index in [1.807, 2.05) is 0 Å². The lowest BCUT2D eigenvalue weighted by atomic mass is 10.0. The third-order valence-corrected chi connectivity index (χ3v) is 3.63. The number of aromatic nitrogens is 2. The van der Waals surface area contributed by atoms with Crippen LogP contribution in [0.2, 0.25) is 0 Å². The van der Waals surface area contributed by atoms with E-state index in [0.717, 1.165) is 29.8 Å². The zero-order chi connectivity index (χ0) is 13.2. The Morgan fingerprint density at radius 3 is 3.05 bits per heavy atom. The van der Waals surface area contributed by atoms with Crippen LogP contribution in [0.5, 0.6) is 0 Å². The number of aromatic carboxylic acids is 1. The molecule has 0 bridgehead atoms. The smallest absolute Gasteiger partial charge is 0.335 e. The molecular weight excluding hydrogens is 242 g/mol. The summed E-state index contributed by atoms with van der Waals surface area (Å²) in [6, 6.07) is 5.47. The molecule has 0 amide bonds. The van der Waals surface area contributed by atoms with Gasteiger partial charge in [-0.15, -0.1) is 0 Å². The zero-order valence-corrected chi connectivity index (χ0v) is 10.6. The second kappa shape index (κ2) is 5.01. The first-order valence-corrected chi connectivity index (χ1v) is 6.68. The van der Waals surface area contributed by atoms with Crippen molar-refractivity contribution in [2.75, 3.05) is 6.54 Å². The molecule has 1 saturated heterocycles. The molecule has 1 atom stereocenters. The van der Waals surface area contributed by atoms with Crippen molar-refractivity contribution in [3.05, 3.63) is 29.6 Å². The standard InChI is InChI=1S/C14H17N3O2/c18-14(19)9-4-5-11-12(7-9)17-13(16-11)8-10-3-1-2-6-15-10/h4-5,7,10,15H,1-3,6,8H2,(H,16,17)(H,18,19). The number of piperidine rings is 1. The second-order valence-electron chi connectivity index (χ2n) is 5.07. The van der Waals surface area contributed by atoms with Gasteiger partial charge in [0.1, 0.15) is 5.82 Å². The first-order valence-electron chi connectivity index (χ1n) is 6.68. The van der Waals surface area contributed by atoms with Crippen molar-refractivity contribution >= 4 is 17.0 Å². The number of benzene rings is 1. The summed E-state index contributed by atoms with van der Waals surface area (Å²) < 4.78 is 0. The van der Waals surface area contributed by atoms with Gasteiger partial charge in [0.05, 0.1) is 16.6 Å². The van der Waals surface area contributed by atoms with E-state index in [1.54, 1.807) is 18.2 Å². The van der Waals surface area contributed by atoms with Crippen LogP contribution >= 0.6 is 0 Å². The lowest BCUT2D eigenvalue weighted by Crippen LogP contribution is -2.35. The van der Waals surface area contributed by atoms with Gasteiger partial charge < -0.3 is 15.4 Å². The molecule has 0 saturated carbocycles. The average molecular weight is 259 g/mol. The van der Waals surface area contributed by atoms with Crippen molar-refractivity contribution in [3.63, 3.8) is 0 Å². The Morgan fingerprint density at radius 1 is 1.42 bits per heavy atom. The van der Waals surface area contributed by atoms with E-state index in [-0.39, 0.29) is 0 Å². The van der Waals surface area contributed by atoms with Crippen molar-refractivity contribution in [1.29, 1.82) is 0 Å². The molecule has 5 nitrogen and oxygen atoms in total. The van der Waals surface area contributed by atoms with Crippen LogP contribution in [0, 0.1) is 0 Å². The van der Waals surface area contributed by atoms with Gasteiger partial charge >= 0.3 is 5.97 Å². The normalized spacial score (nSPS) is 19.7. The van der Waals surface area contributed by atoms with E-state index in [1.165, 1.54) is 19.3 Å². The van der Waals surface area contributed by atoms with E-state index >= 15 is 0 Å². The fourth-order valence-corrected chi connectivity index (χ4v) is 2.62. The third kappa shape index (κ3) is 2.61. The van der Waals surface area contributed by atoms with Crippen LogP contribution in [0.25, 0.3) is 11.0 Å². The number of carbonyl (C=O) groups is 1. The number of hydrogen-bond acceptors (Lipinski definition) is 3. The number of nitrogens with one attached hydrogen (secondary N) is 2. The molecule has 2 aromatic rings. The number of nitrogens with zero attached hydrogens (tertiary/aromatic N) is 1. The summed E-state index contributed by atoms with van der Waals surface area (Å²) in [6.45, 7) is 1.08. The molecule has 1 unspecified atom stereocenters. The zero-order valence-electron chi connectivity index (χ0n) is 10.6. The maximum atomic E-state index is 10.9. The summed E-state index contributed by atoms with van der Waals surface area (Å²) in [5.41, 5.74) is 1.92. The Kier molecular flexibility index (Phi) is 3.21. The maximum Gasteiger partial charge on any atom is 0.335 e. The quantitative estimate of drug-likeness (QED) is 0.787. The summed E-state index contributed by atoms with van der Waals surface area (Å²) >= 11 is 0. The molecule has 3 N–H and O–H groups in total. The molecule has 5 heteroatoms. The minimum Gasteiger partial charge on any atom is -0.478 e. The van der Waals surface area contributed by atoms with E-state index in [4.69, 9.17) is 5.11 Å². The highest BCUT2D eigenvalue weighted by atomic mass is 16.4. The Balaban J connectivity index is 1.82. The van der Waals surface area contributed by atoms with Crippen LogP contribution in [0.4, 0.5) is 0 Å². The fourth-order valence-electron chi connectivity index (χ4n) is 2.62. The lowest BCUT2D eigenvalue weighted by molar-refractivity contribution is 0.0697. The largest absolute Gasteiger partial charge is 0.478 e. The Morgan fingerprint density at radius 2 is 2.32 bits per heavy atom. The summed E-state index contributed by atoms with van der Waals surface area (Å²) in [4.78, 5) is 18.7. The number of carboxylic acids is 1. The fraction of sp³-hybridized carbons (Fsp3) is 0.429. The molecule has 0 aliphatic carbocycles. The lowest BCUT2D eigenvalue weighted by Gasteiger charge is -2.22. The summed E-state index contributed by atoms with van der Waals surface area (Å²) in [6.07, 6.45) is 4.56. The first kappa shape index (κ1) is 12.2. The third-order valence-electron chi connectivity index (χ3n) is 3.63. The van der Waals surface area contributed by atoms with Gasteiger partial charge in [-0.25, -0.2) is 9.78 Å². The van der Waals surface area contributed by atoms with Gasteiger partial charge in [0.25, 0.3) is 0 Å². The van der Waals surface area contributed by atoms with Crippen LogP contribution in [-0.2, 0) is 6.42 Å². The number of hydrogen-bond donors (Lipinski definition) is 3. The highest BCUT2D eigenvalue weighted by Gasteiger charge is 2.15. The minimum atomic E-state index is -0.910. The predicted molar refractivity (Wildman–Crippen MR) is 72.4 cm³/mol. The van der Waals surface area contributed by atoms with Crippen molar-refractivity contribution in [2.45, 2.75) is 31.7 Å². The van der Waals surface area contributed by atoms with Gasteiger partial charge in [-0.2, -0.15) is 0 Å². The SMILES string of the molecule is O=C(O)c1ccc2nc(CC3CCCCN3)[nH]c2c1. The van der Waals surface area contributed by atoms with Crippen molar-refractivity contribution in [3.8, 4) is 0 Å². The molecule has 1 aliphatic rings. The predicted octanol–water partition coefficient (Wildman–Crippen LogP) is 1.95. The van der Waals surface area contributed by atoms with Crippen LogP contribution in [0.3, 0.4) is 0 Å². The van der Waals surface area contributed by atoms with Crippen molar-refractivity contribution in [1.82, 2.24) is 15.3 Å². The minimum absolute atomic E-state index is 0.290. The number of fused-ring (bicyclic) bond motifs is 1. The molecule has 2 heterocycles. The molecule has 1 aromatic heterocycles.